The van der Waals surface area contributed by atoms with Crippen LogP contribution in [0.25, 0.3) is 0 Å². The molecule has 1 unspecified atom stereocenters. The Labute approximate surface area is 199 Å². The minimum atomic E-state index is -4.18. The number of rotatable bonds is 13. The molecule has 0 aliphatic rings. The van der Waals surface area contributed by atoms with Gasteiger partial charge < -0.3 is 30.5 Å². The van der Waals surface area contributed by atoms with Gasteiger partial charge >= 0.3 is 18.0 Å². The summed E-state index contributed by atoms with van der Waals surface area (Å²) in [6, 6.07) is -2.30. The van der Waals surface area contributed by atoms with E-state index in [1.54, 1.807) is 34.6 Å². The molecule has 0 aliphatic heterocycles. The molecule has 0 aromatic carbocycles. The van der Waals surface area contributed by atoms with E-state index < -0.39 is 53.6 Å². The van der Waals surface area contributed by atoms with Crippen LogP contribution in [0.1, 0.15) is 67.2 Å². The maximum absolute atomic E-state index is 14.7. The first-order valence-electron chi connectivity index (χ1n) is 11.2. The number of alkyl carbamates (subject to hydrolysis) is 1. The van der Waals surface area contributed by atoms with Gasteiger partial charge in [0.05, 0.1) is 13.2 Å². The van der Waals surface area contributed by atoms with Crippen molar-refractivity contribution in [1.29, 1.82) is 0 Å². The summed E-state index contributed by atoms with van der Waals surface area (Å²) < 4.78 is 39.0. The van der Waals surface area contributed by atoms with Gasteiger partial charge in [-0.1, -0.05) is 13.8 Å². The molecule has 198 valence electrons. The van der Waals surface area contributed by atoms with E-state index in [9.17, 15) is 33.1 Å². The van der Waals surface area contributed by atoms with E-state index in [4.69, 9.17) is 4.74 Å². The molecular formula is C22H39F2N3O7. The Bertz CT molecular complexity index is 696. The van der Waals surface area contributed by atoms with E-state index in [0.717, 1.165) is 0 Å². The molecule has 0 fully saturated rings. The Balaban J connectivity index is 4.93. The average molecular weight is 496 g/mol. The van der Waals surface area contributed by atoms with E-state index in [-0.39, 0.29) is 31.7 Å². The van der Waals surface area contributed by atoms with Gasteiger partial charge in [0.2, 0.25) is 5.91 Å². The Morgan fingerprint density at radius 1 is 1.03 bits per heavy atom. The molecule has 12 heteroatoms. The number of aliphatic hydroxyl groups is 1. The Morgan fingerprint density at radius 2 is 1.62 bits per heavy atom. The van der Waals surface area contributed by atoms with Crippen molar-refractivity contribution in [1.82, 2.24) is 16.0 Å². The second-order valence-corrected chi connectivity index (χ2v) is 9.48. The first-order valence-corrected chi connectivity index (χ1v) is 11.2. The SMILES string of the molecule is COC(=O)[C@H](CCCCNC(=O)C(F)(F)C(O)[C@H](CC(C)C)NC(=O)OC(C)(C)C)NC(C)=O. The number of amides is 3. The van der Waals surface area contributed by atoms with Crippen molar-refractivity contribution >= 4 is 23.9 Å². The molecule has 4 N–H and O–H groups in total. The van der Waals surface area contributed by atoms with E-state index in [1.807, 2.05) is 0 Å². The fraction of sp³-hybridized carbons (Fsp3) is 0.818. The predicted molar refractivity (Wildman–Crippen MR) is 120 cm³/mol. The van der Waals surface area contributed by atoms with Crippen LogP contribution in [0.2, 0.25) is 0 Å². The normalized spacial score (nSPS) is 14.6. The smallest absolute Gasteiger partial charge is 0.407 e. The van der Waals surface area contributed by atoms with E-state index in [0.29, 0.717) is 6.42 Å². The quantitative estimate of drug-likeness (QED) is 0.226. The van der Waals surface area contributed by atoms with Gasteiger partial charge in [-0.05, 0) is 52.4 Å². The van der Waals surface area contributed by atoms with Crippen LogP contribution in [0.15, 0.2) is 0 Å². The van der Waals surface area contributed by atoms with Gasteiger partial charge in [-0.25, -0.2) is 9.59 Å². The molecule has 0 bridgehead atoms. The zero-order valence-corrected chi connectivity index (χ0v) is 21.0. The van der Waals surface area contributed by atoms with Crippen LogP contribution in [0.4, 0.5) is 13.6 Å². The lowest BCUT2D eigenvalue weighted by atomic mass is 9.95. The highest BCUT2D eigenvalue weighted by atomic mass is 19.3. The first-order chi connectivity index (χ1) is 15.5. The summed E-state index contributed by atoms with van der Waals surface area (Å²) in [6.45, 7) is 9.34. The molecule has 0 saturated heterocycles. The maximum Gasteiger partial charge on any atom is 0.407 e. The van der Waals surface area contributed by atoms with Crippen molar-refractivity contribution in [3.63, 3.8) is 0 Å². The molecule has 0 aliphatic carbocycles. The van der Waals surface area contributed by atoms with Crippen molar-refractivity contribution in [2.24, 2.45) is 5.92 Å². The van der Waals surface area contributed by atoms with Crippen LogP contribution in [-0.2, 0) is 23.9 Å². The molecule has 0 aromatic rings. The van der Waals surface area contributed by atoms with Crippen LogP contribution in [0, 0.1) is 5.92 Å². The summed E-state index contributed by atoms with van der Waals surface area (Å²) in [6.07, 6.45) is -2.72. The third-order valence-corrected chi connectivity index (χ3v) is 4.55. The van der Waals surface area contributed by atoms with Crippen LogP contribution < -0.4 is 16.0 Å². The minimum absolute atomic E-state index is 0.0126. The fourth-order valence-corrected chi connectivity index (χ4v) is 3.05. The second kappa shape index (κ2) is 14.0. The van der Waals surface area contributed by atoms with Crippen LogP contribution in [-0.4, -0.2) is 72.3 Å². The van der Waals surface area contributed by atoms with Crippen LogP contribution in [0.3, 0.4) is 0 Å². The first kappa shape index (κ1) is 31.5. The number of nitrogens with one attached hydrogen (secondary N) is 3. The molecule has 0 radical (unpaired) electrons. The van der Waals surface area contributed by atoms with Crippen LogP contribution in [0.5, 0.6) is 0 Å². The number of carbonyl (C=O) groups excluding carboxylic acids is 4. The van der Waals surface area contributed by atoms with Crippen molar-refractivity contribution in [2.45, 2.75) is 96.9 Å². The lowest BCUT2D eigenvalue weighted by Crippen LogP contribution is -2.58. The zero-order chi connectivity index (χ0) is 26.7. The highest BCUT2D eigenvalue weighted by Gasteiger charge is 2.50. The van der Waals surface area contributed by atoms with Crippen molar-refractivity contribution in [2.75, 3.05) is 13.7 Å². The van der Waals surface area contributed by atoms with Crippen molar-refractivity contribution in [3.8, 4) is 0 Å². The van der Waals surface area contributed by atoms with Crippen LogP contribution >= 0.6 is 0 Å². The Morgan fingerprint density at radius 3 is 2.09 bits per heavy atom. The molecule has 0 spiro atoms. The summed E-state index contributed by atoms with van der Waals surface area (Å²) in [4.78, 5) is 47.0. The van der Waals surface area contributed by atoms with Gasteiger partial charge in [-0.15, -0.1) is 0 Å². The minimum Gasteiger partial charge on any atom is -0.467 e. The standard InChI is InChI=1S/C22H39F2N3O7/c1-13(2)12-16(27-20(32)34-21(4,5)6)17(29)22(23,24)19(31)25-11-9-8-10-15(18(30)33-7)26-14(3)28/h13,15-17,29H,8-12H2,1-7H3,(H,25,31)(H,26,28)(H,27,32)/t15-,16-,17?/m0/s1. The van der Waals surface area contributed by atoms with Gasteiger partial charge in [-0.3, -0.25) is 9.59 Å². The fourth-order valence-electron chi connectivity index (χ4n) is 3.05. The van der Waals surface area contributed by atoms with Gasteiger partial charge in [0, 0.05) is 13.5 Å². The summed E-state index contributed by atoms with van der Waals surface area (Å²) >= 11 is 0. The lowest BCUT2D eigenvalue weighted by Gasteiger charge is -2.31. The molecule has 0 aromatic heterocycles. The summed E-state index contributed by atoms with van der Waals surface area (Å²) in [7, 11) is 1.18. The van der Waals surface area contributed by atoms with Crippen molar-refractivity contribution < 1.29 is 42.5 Å². The molecule has 3 amide bonds. The van der Waals surface area contributed by atoms with E-state index >= 15 is 0 Å². The molecule has 34 heavy (non-hydrogen) atoms. The average Bonchev–Trinajstić information content (AvgIpc) is 2.68. The number of methoxy groups -OCH3 is 1. The highest BCUT2D eigenvalue weighted by molar-refractivity contribution is 5.84. The number of alkyl halides is 2. The highest BCUT2D eigenvalue weighted by Crippen LogP contribution is 2.25. The predicted octanol–water partition coefficient (Wildman–Crippen LogP) is 1.89. The molecular weight excluding hydrogens is 456 g/mol. The van der Waals surface area contributed by atoms with Gasteiger partial charge in [0.25, 0.3) is 5.91 Å². The lowest BCUT2D eigenvalue weighted by molar-refractivity contribution is -0.167. The molecule has 3 atom stereocenters. The second-order valence-electron chi connectivity index (χ2n) is 9.48. The summed E-state index contributed by atoms with van der Waals surface area (Å²) in [5.74, 6) is -7.10. The molecule has 0 saturated carbocycles. The number of aliphatic hydroxyl groups excluding tert-OH is 1. The zero-order valence-electron chi connectivity index (χ0n) is 21.0. The molecule has 10 nitrogen and oxygen atoms in total. The number of hydrogen-bond donors (Lipinski definition) is 4. The van der Waals surface area contributed by atoms with Gasteiger partial charge in [0.1, 0.15) is 17.7 Å². The Hall–Kier alpha value is -2.50. The van der Waals surface area contributed by atoms with E-state index in [1.165, 1.54) is 14.0 Å². The molecule has 0 heterocycles. The van der Waals surface area contributed by atoms with Gasteiger partial charge in [0.15, 0.2) is 0 Å². The third kappa shape index (κ3) is 12.1. The number of unbranched alkanes of at least 4 members (excludes halogenated alkanes) is 1. The Kier molecular flexibility index (Phi) is 13.0. The van der Waals surface area contributed by atoms with Crippen molar-refractivity contribution in [3.05, 3.63) is 0 Å². The van der Waals surface area contributed by atoms with E-state index in [2.05, 4.69) is 20.7 Å². The number of esters is 1. The largest absolute Gasteiger partial charge is 0.467 e. The number of carbonyl (C=O) groups is 4. The summed E-state index contributed by atoms with van der Waals surface area (Å²) in [5, 5.41) is 17.0. The monoisotopic (exact) mass is 495 g/mol. The number of ether oxygens (including phenoxy) is 2. The summed E-state index contributed by atoms with van der Waals surface area (Å²) in [5.41, 5.74) is -0.871. The maximum atomic E-state index is 14.7. The molecule has 0 rings (SSSR count). The topological polar surface area (TPSA) is 143 Å². The third-order valence-electron chi connectivity index (χ3n) is 4.55. The van der Waals surface area contributed by atoms with Gasteiger partial charge in [-0.2, -0.15) is 8.78 Å². The number of hydrogen-bond acceptors (Lipinski definition) is 7. The number of halogens is 2.